The lowest BCUT2D eigenvalue weighted by atomic mass is 9.95. The van der Waals surface area contributed by atoms with E-state index in [1.165, 1.54) is 5.56 Å². The van der Waals surface area contributed by atoms with Crippen LogP contribution in [0.3, 0.4) is 0 Å². The van der Waals surface area contributed by atoms with E-state index in [4.69, 9.17) is 10.5 Å². The SMILES string of the molecule is COCC(C)N(C)CC(C)C(N)c1ccccc1. The molecule has 0 saturated heterocycles. The highest BCUT2D eigenvalue weighted by atomic mass is 16.5. The van der Waals surface area contributed by atoms with E-state index in [9.17, 15) is 0 Å². The fraction of sp³-hybridized carbons (Fsp3) is 0.600. The van der Waals surface area contributed by atoms with Crippen molar-refractivity contribution < 1.29 is 4.74 Å². The Kier molecular flexibility index (Phi) is 6.33. The summed E-state index contributed by atoms with van der Waals surface area (Å²) >= 11 is 0. The molecule has 0 aliphatic carbocycles. The molecule has 0 bridgehead atoms. The van der Waals surface area contributed by atoms with E-state index < -0.39 is 0 Å². The van der Waals surface area contributed by atoms with Gasteiger partial charge in [0.2, 0.25) is 0 Å². The molecule has 0 fully saturated rings. The first-order chi connectivity index (χ1) is 8.56. The Bertz CT molecular complexity index is 329. The molecule has 0 aliphatic heterocycles. The highest BCUT2D eigenvalue weighted by molar-refractivity contribution is 5.19. The molecule has 0 spiro atoms. The summed E-state index contributed by atoms with van der Waals surface area (Å²) in [6.07, 6.45) is 0. The van der Waals surface area contributed by atoms with E-state index in [0.29, 0.717) is 12.0 Å². The van der Waals surface area contributed by atoms with Gasteiger partial charge in [0.15, 0.2) is 0 Å². The van der Waals surface area contributed by atoms with Crippen LogP contribution in [0.25, 0.3) is 0 Å². The monoisotopic (exact) mass is 250 g/mol. The average molecular weight is 250 g/mol. The van der Waals surface area contributed by atoms with E-state index >= 15 is 0 Å². The van der Waals surface area contributed by atoms with Crippen molar-refractivity contribution in [2.75, 3.05) is 27.3 Å². The first kappa shape index (κ1) is 15.2. The smallest absolute Gasteiger partial charge is 0.0615 e. The largest absolute Gasteiger partial charge is 0.383 e. The van der Waals surface area contributed by atoms with Gasteiger partial charge in [0.25, 0.3) is 0 Å². The third kappa shape index (κ3) is 4.41. The van der Waals surface area contributed by atoms with Gasteiger partial charge in [-0.3, -0.25) is 0 Å². The van der Waals surface area contributed by atoms with Crippen LogP contribution in [0.5, 0.6) is 0 Å². The van der Waals surface area contributed by atoms with Crippen LogP contribution in [0.15, 0.2) is 30.3 Å². The predicted molar refractivity (Wildman–Crippen MR) is 76.5 cm³/mol. The molecule has 0 aliphatic rings. The molecular weight excluding hydrogens is 224 g/mol. The zero-order valence-corrected chi connectivity index (χ0v) is 12.0. The van der Waals surface area contributed by atoms with Gasteiger partial charge in [0, 0.05) is 25.7 Å². The highest BCUT2D eigenvalue weighted by Gasteiger charge is 2.18. The maximum atomic E-state index is 6.30. The average Bonchev–Trinajstić information content (AvgIpc) is 2.39. The first-order valence-corrected chi connectivity index (χ1v) is 6.56. The van der Waals surface area contributed by atoms with Gasteiger partial charge in [0.05, 0.1) is 6.61 Å². The summed E-state index contributed by atoms with van der Waals surface area (Å²) in [6, 6.07) is 10.8. The molecule has 1 aromatic carbocycles. The van der Waals surface area contributed by atoms with Gasteiger partial charge >= 0.3 is 0 Å². The molecule has 0 amide bonds. The molecule has 1 aromatic rings. The summed E-state index contributed by atoms with van der Waals surface area (Å²) in [4.78, 5) is 2.30. The van der Waals surface area contributed by atoms with E-state index in [1.54, 1.807) is 7.11 Å². The Morgan fingerprint density at radius 2 is 1.83 bits per heavy atom. The number of nitrogens with two attached hydrogens (primary N) is 1. The molecule has 18 heavy (non-hydrogen) atoms. The molecule has 102 valence electrons. The Hall–Kier alpha value is -0.900. The number of nitrogens with zero attached hydrogens (tertiary/aromatic N) is 1. The predicted octanol–water partition coefficient (Wildman–Crippen LogP) is 2.29. The standard InChI is InChI=1S/C15H26N2O/c1-12(10-17(3)13(2)11-18-4)15(16)14-8-6-5-7-9-14/h5-9,12-13,15H,10-11,16H2,1-4H3. The maximum Gasteiger partial charge on any atom is 0.0615 e. The van der Waals surface area contributed by atoms with Crippen LogP contribution in [0.1, 0.15) is 25.5 Å². The van der Waals surface area contributed by atoms with Crippen molar-refractivity contribution in [2.45, 2.75) is 25.9 Å². The normalized spacial score (nSPS) is 16.6. The van der Waals surface area contributed by atoms with Crippen molar-refractivity contribution >= 4 is 0 Å². The maximum absolute atomic E-state index is 6.30. The fourth-order valence-corrected chi connectivity index (χ4v) is 2.12. The van der Waals surface area contributed by atoms with E-state index in [-0.39, 0.29) is 6.04 Å². The summed E-state index contributed by atoms with van der Waals surface area (Å²) in [5.41, 5.74) is 7.51. The molecule has 3 unspecified atom stereocenters. The third-order valence-electron chi connectivity index (χ3n) is 3.53. The van der Waals surface area contributed by atoms with Gasteiger partial charge in [-0.05, 0) is 25.5 Å². The Balaban J connectivity index is 2.52. The van der Waals surface area contributed by atoms with Crippen molar-refractivity contribution in [3.05, 3.63) is 35.9 Å². The lowest BCUT2D eigenvalue weighted by Gasteiger charge is -2.29. The van der Waals surface area contributed by atoms with Crippen molar-refractivity contribution in [1.29, 1.82) is 0 Å². The van der Waals surface area contributed by atoms with Crippen molar-refractivity contribution in [2.24, 2.45) is 11.7 Å². The van der Waals surface area contributed by atoms with Crippen molar-refractivity contribution in [3.8, 4) is 0 Å². The number of hydrogen-bond acceptors (Lipinski definition) is 3. The Morgan fingerprint density at radius 3 is 2.39 bits per heavy atom. The van der Waals surface area contributed by atoms with Gasteiger partial charge < -0.3 is 15.4 Å². The Labute approximate surface area is 111 Å². The minimum absolute atomic E-state index is 0.0865. The molecule has 0 radical (unpaired) electrons. The summed E-state index contributed by atoms with van der Waals surface area (Å²) in [5.74, 6) is 0.414. The minimum Gasteiger partial charge on any atom is -0.383 e. The molecule has 0 heterocycles. The van der Waals surface area contributed by atoms with E-state index in [1.807, 2.05) is 18.2 Å². The van der Waals surface area contributed by atoms with Gasteiger partial charge in [-0.25, -0.2) is 0 Å². The lowest BCUT2D eigenvalue weighted by Crippen LogP contribution is -2.38. The second-order valence-electron chi connectivity index (χ2n) is 5.16. The molecule has 3 heteroatoms. The second-order valence-corrected chi connectivity index (χ2v) is 5.16. The van der Waals surface area contributed by atoms with Crippen LogP contribution in [0, 0.1) is 5.92 Å². The Morgan fingerprint density at radius 1 is 1.22 bits per heavy atom. The molecule has 3 atom stereocenters. The number of likely N-dealkylation sites (N-methyl/N-ethyl adjacent to an activating group) is 1. The van der Waals surface area contributed by atoms with Gasteiger partial charge in [-0.2, -0.15) is 0 Å². The minimum atomic E-state index is 0.0865. The second kappa shape index (κ2) is 7.52. The summed E-state index contributed by atoms with van der Waals surface area (Å²) < 4.78 is 5.18. The van der Waals surface area contributed by atoms with Crippen molar-refractivity contribution in [3.63, 3.8) is 0 Å². The van der Waals surface area contributed by atoms with Crippen LogP contribution in [-0.4, -0.2) is 38.3 Å². The number of benzene rings is 1. The lowest BCUT2D eigenvalue weighted by molar-refractivity contribution is 0.104. The third-order valence-corrected chi connectivity index (χ3v) is 3.53. The van der Waals surface area contributed by atoms with Crippen LogP contribution < -0.4 is 5.73 Å². The van der Waals surface area contributed by atoms with Gasteiger partial charge in [-0.1, -0.05) is 37.3 Å². The van der Waals surface area contributed by atoms with Crippen LogP contribution in [-0.2, 0) is 4.74 Å². The summed E-state index contributed by atoms with van der Waals surface area (Å²) in [5, 5.41) is 0. The van der Waals surface area contributed by atoms with Crippen molar-refractivity contribution in [1.82, 2.24) is 4.90 Å². The van der Waals surface area contributed by atoms with Gasteiger partial charge in [-0.15, -0.1) is 0 Å². The zero-order valence-electron chi connectivity index (χ0n) is 12.0. The molecule has 1 rings (SSSR count). The molecule has 2 N–H and O–H groups in total. The van der Waals surface area contributed by atoms with Crippen LogP contribution >= 0.6 is 0 Å². The molecular formula is C15H26N2O. The number of methoxy groups -OCH3 is 1. The van der Waals surface area contributed by atoms with Gasteiger partial charge in [0.1, 0.15) is 0 Å². The highest BCUT2D eigenvalue weighted by Crippen LogP contribution is 2.20. The molecule has 0 aromatic heterocycles. The summed E-state index contributed by atoms with van der Waals surface area (Å²) in [6.45, 7) is 6.10. The summed E-state index contributed by atoms with van der Waals surface area (Å²) in [7, 11) is 3.86. The number of rotatable bonds is 7. The zero-order chi connectivity index (χ0) is 13.5. The van der Waals surface area contributed by atoms with E-state index in [0.717, 1.165) is 13.2 Å². The molecule has 3 nitrogen and oxygen atoms in total. The first-order valence-electron chi connectivity index (χ1n) is 6.56. The number of hydrogen-bond donors (Lipinski definition) is 1. The quantitative estimate of drug-likeness (QED) is 0.807. The van der Waals surface area contributed by atoms with Crippen LogP contribution in [0.4, 0.5) is 0 Å². The number of ether oxygens (including phenoxy) is 1. The van der Waals surface area contributed by atoms with E-state index in [2.05, 4.69) is 37.9 Å². The van der Waals surface area contributed by atoms with Crippen LogP contribution in [0.2, 0.25) is 0 Å². The molecule has 0 saturated carbocycles. The topological polar surface area (TPSA) is 38.5 Å². The fourth-order valence-electron chi connectivity index (χ4n) is 2.12.